The summed E-state index contributed by atoms with van der Waals surface area (Å²) in [6, 6.07) is 5.07. The first-order valence-electron chi connectivity index (χ1n) is 6.11. The number of hydrogen-bond donors (Lipinski definition) is 0. The quantitative estimate of drug-likeness (QED) is 0.808. The zero-order chi connectivity index (χ0) is 15.4. The molecule has 0 unspecified atom stereocenters. The van der Waals surface area contributed by atoms with Crippen molar-refractivity contribution in [2.45, 2.75) is 10.6 Å². The van der Waals surface area contributed by atoms with Crippen LogP contribution in [0.25, 0.3) is 0 Å². The fourth-order valence-corrected chi connectivity index (χ4v) is 3.10. The number of anilines is 1. The molecule has 0 atom stereocenters. The fraction of sp³-hybridized carbons (Fsp3) is 0.308. The van der Waals surface area contributed by atoms with E-state index in [0.29, 0.717) is 5.13 Å². The number of carbonyl (C=O) groups is 1. The average molecular weight is 326 g/mol. The third kappa shape index (κ3) is 4.15. The fourth-order valence-electron chi connectivity index (χ4n) is 1.65. The third-order valence-electron chi connectivity index (χ3n) is 2.64. The Kier molecular flexibility index (Phi) is 5.13. The highest BCUT2D eigenvalue weighted by molar-refractivity contribution is 7.98. The Labute approximate surface area is 130 Å². The second-order valence-corrected chi connectivity index (χ2v) is 6.40. The number of carbonyl (C=O) groups excluding carboxylic acids is 1. The van der Waals surface area contributed by atoms with Gasteiger partial charge in [0.05, 0.1) is 0 Å². The number of aromatic nitrogens is 2. The van der Waals surface area contributed by atoms with Crippen LogP contribution in [-0.4, -0.2) is 42.3 Å². The highest BCUT2D eigenvalue weighted by Gasteiger charge is 2.14. The zero-order valence-corrected chi connectivity index (χ0v) is 13.5. The molecule has 0 saturated carbocycles. The molecule has 0 saturated heterocycles. The molecule has 21 heavy (non-hydrogen) atoms. The topological polar surface area (TPSA) is 49.3 Å². The summed E-state index contributed by atoms with van der Waals surface area (Å²) in [4.78, 5) is 15.3. The number of hydrogen-bond acceptors (Lipinski definition) is 5. The van der Waals surface area contributed by atoms with E-state index in [1.165, 1.54) is 21.1 Å². The van der Waals surface area contributed by atoms with Crippen molar-refractivity contribution < 1.29 is 9.18 Å². The van der Waals surface area contributed by atoms with Gasteiger partial charge in [-0.15, -0.1) is 22.0 Å². The smallest absolute Gasteiger partial charge is 0.325 e. The van der Waals surface area contributed by atoms with Crippen molar-refractivity contribution in [2.24, 2.45) is 0 Å². The average Bonchev–Trinajstić information content (AvgIpc) is 3.07. The Balaban J connectivity index is 0.000000159. The van der Waals surface area contributed by atoms with Crippen molar-refractivity contribution in [3.63, 3.8) is 0 Å². The number of nitrogens with zero attached hydrogens (tertiary/aromatic N) is 4. The molecule has 8 heteroatoms. The van der Waals surface area contributed by atoms with E-state index in [-0.39, 0.29) is 11.8 Å². The molecule has 1 aromatic heterocycles. The van der Waals surface area contributed by atoms with Crippen molar-refractivity contribution in [3.05, 3.63) is 35.1 Å². The maximum absolute atomic E-state index is 12.5. The van der Waals surface area contributed by atoms with Crippen molar-refractivity contribution >= 4 is 34.3 Å². The van der Waals surface area contributed by atoms with Gasteiger partial charge < -0.3 is 4.90 Å². The SMILES string of the molecule is CN(C)C(=O)N(C)c1nncs1.Fc1cc2cc(c1)SC2. The van der Waals surface area contributed by atoms with Crippen molar-refractivity contribution in [1.29, 1.82) is 0 Å². The standard InChI is InChI=1S/C7H5FS.C6H10N4OS/c8-6-1-5-2-7(3-6)9-4-5;1-9(2)6(11)10(3)5-8-7-4-12-5/h1-3H,4H2;4H,1-3H3. The first kappa shape index (κ1) is 15.7. The molecule has 1 aromatic carbocycles. The lowest BCUT2D eigenvalue weighted by molar-refractivity contribution is 0.225. The number of thioether (sulfide) groups is 1. The maximum Gasteiger partial charge on any atom is 0.325 e. The van der Waals surface area contributed by atoms with E-state index < -0.39 is 0 Å². The van der Waals surface area contributed by atoms with Crippen LogP contribution in [0.1, 0.15) is 5.56 Å². The van der Waals surface area contributed by atoms with Crippen LogP contribution in [0, 0.1) is 5.82 Å². The van der Waals surface area contributed by atoms with Gasteiger partial charge in [-0.1, -0.05) is 11.3 Å². The van der Waals surface area contributed by atoms with Crippen LogP contribution in [0.15, 0.2) is 28.6 Å². The first-order chi connectivity index (χ1) is 9.97. The summed E-state index contributed by atoms with van der Waals surface area (Å²) < 4.78 is 12.5. The maximum atomic E-state index is 12.5. The minimum absolute atomic E-state index is 0.104. The highest BCUT2D eigenvalue weighted by Crippen LogP contribution is 2.31. The molecule has 0 aliphatic carbocycles. The monoisotopic (exact) mass is 326 g/mol. The molecule has 1 aliphatic heterocycles. The molecule has 2 aromatic rings. The van der Waals surface area contributed by atoms with Gasteiger partial charge in [0, 0.05) is 31.8 Å². The van der Waals surface area contributed by atoms with Crippen LogP contribution in [0.4, 0.5) is 14.3 Å². The molecule has 1 aliphatic rings. The lowest BCUT2D eigenvalue weighted by Crippen LogP contribution is -2.36. The van der Waals surface area contributed by atoms with E-state index in [1.807, 2.05) is 6.07 Å². The Morgan fingerprint density at radius 2 is 2.05 bits per heavy atom. The Bertz CT molecular complexity index is 596. The molecule has 112 valence electrons. The Morgan fingerprint density at radius 3 is 2.62 bits per heavy atom. The predicted molar refractivity (Wildman–Crippen MR) is 83.4 cm³/mol. The van der Waals surface area contributed by atoms with Crippen LogP contribution in [0.5, 0.6) is 0 Å². The van der Waals surface area contributed by atoms with Gasteiger partial charge >= 0.3 is 6.03 Å². The molecular weight excluding hydrogens is 311 g/mol. The van der Waals surface area contributed by atoms with Crippen molar-refractivity contribution in [2.75, 3.05) is 26.0 Å². The van der Waals surface area contributed by atoms with Crippen LogP contribution in [-0.2, 0) is 5.75 Å². The molecule has 2 amide bonds. The van der Waals surface area contributed by atoms with Crippen LogP contribution in [0.3, 0.4) is 0 Å². The second-order valence-electron chi connectivity index (χ2n) is 4.54. The molecule has 0 spiro atoms. The Morgan fingerprint density at radius 1 is 1.29 bits per heavy atom. The molecule has 2 heterocycles. The van der Waals surface area contributed by atoms with Gasteiger partial charge in [-0.25, -0.2) is 9.18 Å². The summed E-state index contributed by atoms with van der Waals surface area (Å²) in [7, 11) is 5.06. The molecule has 2 bridgehead atoms. The molecular formula is C13H15FN4OS2. The third-order valence-corrected chi connectivity index (χ3v) is 4.45. The van der Waals surface area contributed by atoms with Gasteiger partial charge in [-0.05, 0) is 23.8 Å². The number of urea groups is 1. The van der Waals surface area contributed by atoms with E-state index in [0.717, 1.165) is 16.2 Å². The van der Waals surface area contributed by atoms with Gasteiger partial charge in [0.1, 0.15) is 11.3 Å². The minimum atomic E-state index is -0.105. The van der Waals surface area contributed by atoms with E-state index in [4.69, 9.17) is 0 Å². The molecule has 0 radical (unpaired) electrons. The van der Waals surface area contributed by atoms with Crippen molar-refractivity contribution in [3.8, 4) is 0 Å². The summed E-state index contributed by atoms with van der Waals surface area (Å²) in [6.07, 6.45) is 0. The Hall–Kier alpha value is -1.67. The van der Waals surface area contributed by atoms with Gasteiger partial charge in [-0.2, -0.15) is 0 Å². The van der Waals surface area contributed by atoms with E-state index in [1.54, 1.807) is 50.5 Å². The lowest BCUT2D eigenvalue weighted by Gasteiger charge is -2.18. The summed E-state index contributed by atoms with van der Waals surface area (Å²) in [5.41, 5.74) is 2.70. The second kappa shape index (κ2) is 6.86. The largest absolute Gasteiger partial charge is 0.330 e. The van der Waals surface area contributed by atoms with Gasteiger partial charge in [0.25, 0.3) is 0 Å². The van der Waals surface area contributed by atoms with Crippen LogP contribution in [0.2, 0.25) is 0 Å². The lowest BCUT2D eigenvalue weighted by atomic mass is 10.2. The van der Waals surface area contributed by atoms with E-state index >= 15 is 0 Å². The first-order valence-corrected chi connectivity index (χ1v) is 7.97. The van der Waals surface area contributed by atoms with E-state index in [9.17, 15) is 9.18 Å². The summed E-state index contributed by atoms with van der Waals surface area (Å²) >= 11 is 3.03. The number of halogens is 1. The van der Waals surface area contributed by atoms with Crippen molar-refractivity contribution in [1.82, 2.24) is 15.1 Å². The summed E-state index contributed by atoms with van der Waals surface area (Å²) in [5, 5.41) is 8.01. The van der Waals surface area contributed by atoms with Gasteiger partial charge in [-0.3, -0.25) is 4.90 Å². The zero-order valence-electron chi connectivity index (χ0n) is 11.9. The minimum Gasteiger partial charge on any atom is -0.330 e. The predicted octanol–water partition coefficient (Wildman–Crippen LogP) is 3.09. The van der Waals surface area contributed by atoms with Crippen LogP contribution < -0.4 is 4.90 Å². The summed E-state index contributed by atoms with van der Waals surface area (Å²) in [6.45, 7) is 0. The number of amides is 2. The highest BCUT2D eigenvalue weighted by atomic mass is 32.2. The number of benzene rings is 1. The summed E-state index contributed by atoms with van der Waals surface area (Å²) in [5.74, 6) is 0.840. The van der Waals surface area contributed by atoms with Gasteiger partial charge in [0.15, 0.2) is 0 Å². The number of rotatable bonds is 1. The van der Waals surface area contributed by atoms with Crippen LogP contribution >= 0.6 is 23.1 Å². The van der Waals surface area contributed by atoms with Gasteiger partial charge in [0.2, 0.25) is 5.13 Å². The normalized spacial score (nSPS) is 11.6. The molecule has 5 nitrogen and oxygen atoms in total. The molecule has 0 fully saturated rings. The molecule has 0 N–H and O–H groups in total. The molecule has 3 rings (SSSR count). The van der Waals surface area contributed by atoms with E-state index in [2.05, 4.69) is 10.2 Å². The number of fused-ring (bicyclic) bond motifs is 2.